The van der Waals surface area contributed by atoms with E-state index < -0.39 is 47.5 Å². The molecular formula is C40H50N10O10. The van der Waals surface area contributed by atoms with Crippen LogP contribution in [0.5, 0.6) is 5.75 Å². The average molecular weight is 831 g/mol. The number of carbonyl (C=O) groups excluding carboxylic acids is 7. The van der Waals surface area contributed by atoms with Crippen LogP contribution in [0, 0.1) is 11.3 Å². The highest BCUT2D eigenvalue weighted by molar-refractivity contribution is 6.07. The van der Waals surface area contributed by atoms with Crippen molar-refractivity contribution in [3.8, 4) is 11.8 Å². The molecule has 20 nitrogen and oxygen atoms in total. The minimum absolute atomic E-state index is 0.0600. The molecule has 0 spiro atoms. The largest absolute Gasteiger partial charge is 0.494 e. The van der Waals surface area contributed by atoms with Crippen LogP contribution in [0.15, 0.2) is 36.7 Å². The number of ether oxygens (including phenoxy) is 2. The predicted octanol–water partition coefficient (Wildman–Crippen LogP) is 2.26. The van der Waals surface area contributed by atoms with Crippen LogP contribution in [0.4, 0.5) is 4.79 Å². The Kier molecular flexibility index (Phi) is 15.5. The Morgan fingerprint density at radius 3 is 2.57 bits per heavy atom. The number of rotatable bonds is 19. The lowest BCUT2D eigenvalue weighted by molar-refractivity contribution is -0.199. The second-order valence-electron chi connectivity index (χ2n) is 15.3. The number of nitrogens with zero attached hydrogens (tertiary/aromatic N) is 7. The molecule has 20 heteroatoms. The number of hydroxylamine groups is 2. The maximum atomic E-state index is 13.0. The molecule has 3 N–H and O–H groups in total. The molecule has 320 valence electrons. The summed E-state index contributed by atoms with van der Waals surface area (Å²) in [6, 6.07) is 7.23. The first-order valence-electron chi connectivity index (χ1n) is 19.9. The van der Waals surface area contributed by atoms with Crippen LogP contribution in [0.3, 0.4) is 0 Å². The summed E-state index contributed by atoms with van der Waals surface area (Å²) in [7, 11) is 0. The van der Waals surface area contributed by atoms with Gasteiger partial charge in [-0.15, -0.1) is 10.2 Å². The SMILES string of the molecule is CC(C)(C)OC(=O)NC(CCCCn1cc(CCC(=O)NCCCOc2ccc3nccc(C(=O)NCC(=O)N4CCCC4C#N)c3c2)nn1)C(=O)ON1C(=O)CCC1=O. The van der Waals surface area contributed by atoms with Crippen molar-refractivity contribution in [2.45, 2.75) is 109 Å². The molecule has 0 saturated carbocycles. The van der Waals surface area contributed by atoms with Crippen molar-refractivity contribution in [1.82, 2.24) is 45.9 Å². The Labute approximate surface area is 346 Å². The lowest BCUT2D eigenvalue weighted by Gasteiger charge is -2.23. The van der Waals surface area contributed by atoms with Crippen molar-refractivity contribution < 1.29 is 47.9 Å². The number of pyridine rings is 1. The highest BCUT2D eigenvalue weighted by Crippen LogP contribution is 2.23. The topological polar surface area (TPSA) is 257 Å². The maximum absolute atomic E-state index is 13.0. The summed E-state index contributed by atoms with van der Waals surface area (Å²) in [5, 5.41) is 26.5. The number of nitrogens with one attached hydrogen (secondary N) is 3. The zero-order valence-corrected chi connectivity index (χ0v) is 33.9. The molecule has 0 bridgehead atoms. The van der Waals surface area contributed by atoms with Gasteiger partial charge in [0.2, 0.25) is 11.8 Å². The number of unbranched alkanes of at least 4 members (excludes halogenated alkanes) is 1. The normalized spacial score (nSPS) is 15.7. The highest BCUT2D eigenvalue weighted by atomic mass is 16.7. The van der Waals surface area contributed by atoms with Crippen LogP contribution in [-0.2, 0) is 46.5 Å². The molecule has 5 rings (SSSR count). The van der Waals surface area contributed by atoms with Crippen molar-refractivity contribution in [3.05, 3.63) is 47.9 Å². The van der Waals surface area contributed by atoms with E-state index in [0.717, 1.165) is 6.42 Å². The molecule has 6 amide bonds. The number of nitriles is 1. The van der Waals surface area contributed by atoms with E-state index in [1.807, 2.05) is 0 Å². The number of benzene rings is 1. The monoisotopic (exact) mass is 830 g/mol. The van der Waals surface area contributed by atoms with E-state index in [0.29, 0.717) is 91.3 Å². The molecule has 2 aliphatic heterocycles. The van der Waals surface area contributed by atoms with Gasteiger partial charge in [-0.3, -0.25) is 33.6 Å². The molecule has 2 aromatic heterocycles. The second kappa shape index (κ2) is 20.9. The third-order valence-corrected chi connectivity index (χ3v) is 9.48. The predicted molar refractivity (Wildman–Crippen MR) is 210 cm³/mol. The summed E-state index contributed by atoms with van der Waals surface area (Å²) in [6.45, 7) is 6.38. The minimum Gasteiger partial charge on any atom is -0.494 e. The Bertz CT molecular complexity index is 2090. The van der Waals surface area contributed by atoms with Gasteiger partial charge in [0, 0.05) is 63.1 Å². The van der Waals surface area contributed by atoms with Crippen LogP contribution in [0.25, 0.3) is 10.9 Å². The molecule has 2 atom stereocenters. The average Bonchev–Trinajstić information content (AvgIpc) is 3.96. The van der Waals surface area contributed by atoms with Gasteiger partial charge in [0.25, 0.3) is 17.7 Å². The molecular weight excluding hydrogens is 780 g/mol. The lowest BCUT2D eigenvalue weighted by Crippen LogP contribution is -2.46. The fourth-order valence-electron chi connectivity index (χ4n) is 6.48. The van der Waals surface area contributed by atoms with Crippen molar-refractivity contribution in [2.24, 2.45) is 0 Å². The van der Waals surface area contributed by atoms with E-state index in [-0.39, 0.29) is 44.0 Å². The Morgan fingerprint density at radius 2 is 1.82 bits per heavy atom. The van der Waals surface area contributed by atoms with Gasteiger partial charge >= 0.3 is 12.1 Å². The number of carbonyl (C=O) groups is 7. The van der Waals surface area contributed by atoms with Crippen LogP contribution in [0.1, 0.15) is 94.6 Å². The van der Waals surface area contributed by atoms with Crippen molar-refractivity contribution in [3.63, 3.8) is 0 Å². The fourth-order valence-corrected chi connectivity index (χ4v) is 6.48. The summed E-state index contributed by atoms with van der Waals surface area (Å²) in [5.74, 6) is -2.63. The zero-order valence-electron chi connectivity index (χ0n) is 33.9. The van der Waals surface area contributed by atoms with Crippen LogP contribution in [0.2, 0.25) is 0 Å². The van der Waals surface area contributed by atoms with E-state index in [9.17, 15) is 38.8 Å². The first-order chi connectivity index (χ1) is 28.7. The van der Waals surface area contributed by atoms with E-state index in [1.54, 1.807) is 55.9 Å². The fraction of sp³-hybridized carbons (Fsp3) is 0.525. The molecule has 0 radical (unpaired) electrons. The lowest BCUT2D eigenvalue weighted by atomic mass is 10.1. The molecule has 2 fully saturated rings. The summed E-state index contributed by atoms with van der Waals surface area (Å²) < 4.78 is 12.8. The highest BCUT2D eigenvalue weighted by Gasteiger charge is 2.36. The number of alkyl carbamates (subject to hydrolysis) is 1. The summed E-state index contributed by atoms with van der Waals surface area (Å²) >= 11 is 0. The summed E-state index contributed by atoms with van der Waals surface area (Å²) in [6.07, 6.45) is 5.82. The third-order valence-electron chi connectivity index (χ3n) is 9.48. The summed E-state index contributed by atoms with van der Waals surface area (Å²) in [4.78, 5) is 98.2. The zero-order chi connectivity index (χ0) is 43.2. The van der Waals surface area contributed by atoms with Crippen LogP contribution < -0.4 is 20.7 Å². The Morgan fingerprint density at radius 1 is 1.03 bits per heavy atom. The molecule has 1 aromatic carbocycles. The van der Waals surface area contributed by atoms with Gasteiger partial charge < -0.3 is 35.2 Å². The molecule has 4 heterocycles. The van der Waals surface area contributed by atoms with Gasteiger partial charge in [-0.25, -0.2) is 9.59 Å². The van der Waals surface area contributed by atoms with E-state index in [4.69, 9.17) is 14.3 Å². The smallest absolute Gasteiger partial charge is 0.408 e. The summed E-state index contributed by atoms with van der Waals surface area (Å²) in [5.41, 5.74) is 0.706. The van der Waals surface area contributed by atoms with Gasteiger partial charge in [-0.05, 0) is 83.6 Å². The quantitative estimate of drug-likeness (QED) is 0.116. The number of aryl methyl sites for hydroxylation is 2. The number of likely N-dealkylation sites (tertiary alicyclic amines) is 1. The third kappa shape index (κ3) is 12.9. The van der Waals surface area contributed by atoms with E-state index >= 15 is 0 Å². The van der Waals surface area contributed by atoms with Gasteiger partial charge in [0.1, 0.15) is 23.4 Å². The van der Waals surface area contributed by atoms with Crippen molar-refractivity contribution >= 4 is 52.5 Å². The Balaban J connectivity index is 0.992. The van der Waals surface area contributed by atoms with Gasteiger partial charge in [-0.2, -0.15) is 5.26 Å². The maximum Gasteiger partial charge on any atom is 0.408 e. The van der Waals surface area contributed by atoms with Gasteiger partial charge in [0.15, 0.2) is 0 Å². The first kappa shape index (κ1) is 44.5. The molecule has 60 heavy (non-hydrogen) atoms. The van der Waals surface area contributed by atoms with Gasteiger partial charge in [-0.1, -0.05) is 5.21 Å². The van der Waals surface area contributed by atoms with Crippen LogP contribution in [-0.4, -0.2) is 115 Å². The first-order valence-corrected chi connectivity index (χ1v) is 19.9. The van der Waals surface area contributed by atoms with Crippen molar-refractivity contribution in [2.75, 3.05) is 26.2 Å². The van der Waals surface area contributed by atoms with Crippen LogP contribution >= 0.6 is 0 Å². The molecule has 2 aliphatic rings. The van der Waals surface area contributed by atoms with E-state index in [2.05, 4.69) is 37.3 Å². The standard InChI is InChI=1S/C40H50N10O10/c1-40(2,3)59-39(57)45-32(38(56)60-50-34(52)14-15-35(50)53)9-4-5-19-48-25-26(46-47-48)10-13-33(51)43-17-7-21-58-28-11-12-31-30(22-28)29(16-18-42-31)37(55)44-24-36(54)49-20-6-8-27(49)23-41/h11-12,16,18,22,25,27,32H,4-10,13-15,17,19-21,24H2,1-3H3,(H,43,51)(H,44,55)(H,45,57). The number of hydrogen-bond donors (Lipinski definition) is 3. The molecule has 2 saturated heterocycles. The number of imide groups is 1. The molecule has 3 aromatic rings. The number of amides is 6. The molecule has 0 aliphatic carbocycles. The molecule has 2 unspecified atom stereocenters. The number of aromatic nitrogens is 4. The number of fused-ring (bicyclic) bond motifs is 1. The Hall–Kier alpha value is -6.65. The number of hydrogen-bond acceptors (Lipinski definition) is 14. The minimum atomic E-state index is -1.17. The van der Waals surface area contributed by atoms with Crippen molar-refractivity contribution in [1.29, 1.82) is 5.26 Å². The van der Waals surface area contributed by atoms with E-state index in [1.165, 1.54) is 11.1 Å². The second-order valence-corrected chi connectivity index (χ2v) is 15.3. The van der Waals surface area contributed by atoms with Gasteiger partial charge in [0.05, 0.1) is 36.0 Å².